The Bertz CT molecular complexity index is 1350. The molecule has 39 heavy (non-hydrogen) atoms. The highest BCUT2D eigenvalue weighted by molar-refractivity contribution is 6.30. The van der Waals surface area contributed by atoms with Crippen LogP contribution >= 0.6 is 11.6 Å². The molecule has 1 saturated heterocycles. The number of fused-ring (bicyclic) bond motifs is 1. The van der Waals surface area contributed by atoms with E-state index in [4.69, 9.17) is 27.1 Å². The Morgan fingerprint density at radius 2 is 1.72 bits per heavy atom. The van der Waals surface area contributed by atoms with Crippen molar-refractivity contribution in [2.75, 3.05) is 18.4 Å². The van der Waals surface area contributed by atoms with Crippen LogP contribution < -0.4 is 15.8 Å². The number of aliphatic imine (C=N–C) groups is 1. The summed E-state index contributed by atoms with van der Waals surface area (Å²) in [7, 11) is 0. The van der Waals surface area contributed by atoms with Crippen LogP contribution in [-0.4, -0.2) is 35.3 Å². The molecule has 1 aliphatic carbocycles. The molecule has 5 nitrogen and oxygen atoms in total. The summed E-state index contributed by atoms with van der Waals surface area (Å²) < 4.78 is 6.42. The average Bonchev–Trinajstić information content (AvgIpc) is 2.96. The zero-order chi connectivity index (χ0) is 26.8. The number of nitrogens with one attached hydrogen (secondary N) is 1. The van der Waals surface area contributed by atoms with E-state index in [2.05, 4.69) is 59.3 Å². The van der Waals surface area contributed by atoms with Crippen LogP contribution in [0.1, 0.15) is 61.6 Å². The molecule has 202 valence electrons. The third-order valence-electron chi connectivity index (χ3n) is 8.42. The van der Waals surface area contributed by atoms with Crippen LogP contribution in [0.4, 0.5) is 11.4 Å². The minimum Gasteiger partial charge on any atom is -0.490 e. The van der Waals surface area contributed by atoms with Crippen molar-refractivity contribution in [2.24, 2.45) is 10.7 Å². The van der Waals surface area contributed by atoms with E-state index in [0.29, 0.717) is 5.70 Å². The summed E-state index contributed by atoms with van der Waals surface area (Å²) in [5, 5.41) is 4.67. The van der Waals surface area contributed by atoms with Crippen molar-refractivity contribution in [1.82, 2.24) is 4.90 Å². The molecule has 6 rings (SSSR count). The lowest BCUT2D eigenvalue weighted by Gasteiger charge is -2.43. The Morgan fingerprint density at radius 3 is 2.41 bits per heavy atom. The van der Waals surface area contributed by atoms with Gasteiger partial charge in [-0.25, -0.2) is 4.99 Å². The topological polar surface area (TPSA) is 62.9 Å². The van der Waals surface area contributed by atoms with Crippen LogP contribution in [0.15, 0.2) is 78.3 Å². The Morgan fingerprint density at radius 1 is 1.00 bits per heavy atom. The van der Waals surface area contributed by atoms with Crippen LogP contribution in [0.2, 0.25) is 5.02 Å². The molecule has 3 aliphatic rings. The monoisotopic (exact) mass is 540 g/mol. The Hall–Kier alpha value is -3.28. The van der Waals surface area contributed by atoms with Crippen molar-refractivity contribution in [1.29, 1.82) is 0 Å². The van der Waals surface area contributed by atoms with E-state index in [1.165, 1.54) is 24.8 Å². The molecule has 0 atom stereocenters. The molecule has 0 bridgehead atoms. The number of nitrogens with two attached hydrogens (primary N) is 1. The molecular formula is C33H37ClN4O. The third-order valence-corrected chi connectivity index (χ3v) is 8.67. The average molecular weight is 541 g/mol. The van der Waals surface area contributed by atoms with Crippen molar-refractivity contribution in [3.05, 3.63) is 95.0 Å². The largest absolute Gasteiger partial charge is 0.490 e. The van der Waals surface area contributed by atoms with Gasteiger partial charge in [0.25, 0.3) is 0 Å². The Kier molecular flexibility index (Phi) is 7.37. The molecule has 1 saturated carbocycles. The third kappa shape index (κ3) is 5.70. The van der Waals surface area contributed by atoms with Crippen LogP contribution in [0.5, 0.6) is 5.75 Å². The fraction of sp³-hybridized carbons (Fsp3) is 0.364. The molecule has 2 fully saturated rings. The number of hydrogen-bond donors (Lipinski definition) is 2. The molecule has 3 aromatic carbocycles. The van der Waals surface area contributed by atoms with Gasteiger partial charge in [0.05, 0.1) is 22.6 Å². The van der Waals surface area contributed by atoms with Gasteiger partial charge in [0.15, 0.2) is 0 Å². The summed E-state index contributed by atoms with van der Waals surface area (Å²) in [5.74, 6) is 0.930. The van der Waals surface area contributed by atoms with Crippen LogP contribution in [0, 0.1) is 0 Å². The zero-order valence-electron chi connectivity index (χ0n) is 22.5. The van der Waals surface area contributed by atoms with Gasteiger partial charge in [-0.3, -0.25) is 4.90 Å². The molecular weight excluding hydrogens is 504 g/mol. The Labute approximate surface area is 236 Å². The van der Waals surface area contributed by atoms with E-state index < -0.39 is 0 Å². The summed E-state index contributed by atoms with van der Waals surface area (Å²) in [6, 6.07) is 22.9. The number of likely N-dealkylation sites (tertiary alicyclic amines) is 1. The second-order valence-corrected chi connectivity index (χ2v) is 11.7. The number of ether oxygens (including phenoxy) is 1. The van der Waals surface area contributed by atoms with Crippen LogP contribution in [0.3, 0.4) is 0 Å². The maximum absolute atomic E-state index is 6.42. The smallest absolute Gasteiger partial charge is 0.119 e. The summed E-state index contributed by atoms with van der Waals surface area (Å²) in [6.07, 6.45) is 8.16. The molecule has 1 spiro atoms. The summed E-state index contributed by atoms with van der Waals surface area (Å²) >= 11 is 6.03. The minimum absolute atomic E-state index is 0.133. The highest BCUT2D eigenvalue weighted by Gasteiger charge is 2.40. The second-order valence-electron chi connectivity index (χ2n) is 11.2. The van der Waals surface area contributed by atoms with Crippen LogP contribution in [0.25, 0.3) is 5.70 Å². The van der Waals surface area contributed by atoms with E-state index in [1.54, 1.807) is 0 Å². The summed E-state index contributed by atoms with van der Waals surface area (Å²) in [6.45, 7) is 6.93. The summed E-state index contributed by atoms with van der Waals surface area (Å²) in [5.41, 5.74) is 12.9. The molecule has 0 unspecified atom stereocenters. The fourth-order valence-corrected chi connectivity index (χ4v) is 6.38. The molecule has 2 heterocycles. The first kappa shape index (κ1) is 26.0. The number of piperidine rings is 1. The first-order valence-corrected chi connectivity index (χ1v) is 14.6. The quantitative estimate of drug-likeness (QED) is 0.338. The number of benzene rings is 3. The lowest BCUT2D eigenvalue weighted by atomic mass is 9.74. The number of rotatable bonds is 6. The van der Waals surface area contributed by atoms with Gasteiger partial charge in [0, 0.05) is 30.4 Å². The van der Waals surface area contributed by atoms with E-state index in [0.717, 1.165) is 84.3 Å². The van der Waals surface area contributed by atoms with E-state index in [1.807, 2.05) is 24.3 Å². The van der Waals surface area contributed by atoms with E-state index in [9.17, 15) is 0 Å². The number of halogens is 1. The van der Waals surface area contributed by atoms with Gasteiger partial charge < -0.3 is 15.8 Å². The first-order valence-electron chi connectivity index (χ1n) is 14.2. The second kappa shape index (κ2) is 11.1. The molecule has 0 aromatic heterocycles. The molecule has 3 aromatic rings. The molecule has 6 heteroatoms. The highest BCUT2D eigenvalue weighted by Crippen LogP contribution is 2.43. The van der Waals surface area contributed by atoms with Gasteiger partial charge in [-0.05, 0) is 90.9 Å². The maximum Gasteiger partial charge on any atom is 0.119 e. The number of anilines is 1. The van der Waals surface area contributed by atoms with Gasteiger partial charge in [-0.2, -0.15) is 0 Å². The van der Waals surface area contributed by atoms with Crippen molar-refractivity contribution >= 4 is 34.4 Å². The highest BCUT2D eigenvalue weighted by atomic mass is 35.5. The summed E-state index contributed by atoms with van der Waals surface area (Å²) in [4.78, 5) is 7.73. The molecule has 0 radical (unpaired) electrons. The number of nitrogens with zero attached hydrogens (tertiary/aromatic N) is 2. The molecule has 3 N–H and O–H groups in total. The lowest BCUT2D eigenvalue weighted by molar-refractivity contribution is 0.0968. The van der Waals surface area contributed by atoms with Crippen molar-refractivity contribution in [2.45, 2.75) is 63.1 Å². The van der Waals surface area contributed by atoms with Crippen molar-refractivity contribution in [3.63, 3.8) is 0 Å². The lowest BCUT2D eigenvalue weighted by Crippen LogP contribution is -2.49. The molecule has 0 amide bonds. The van der Waals surface area contributed by atoms with E-state index in [-0.39, 0.29) is 11.6 Å². The predicted octanol–water partition coefficient (Wildman–Crippen LogP) is 7.56. The first-order chi connectivity index (χ1) is 19.0. The zero-order valence-corrected chi connectivity index (χ0v) is 23.2. The van der Waals surface area contributed by atoms with Gasteiger partial charge in [0.1, 0.15) is 11.9 Å². The van der Waals surface area contributed by atoms with Gasteiger partial charge in [-0.1, -0.05) is 55.6 Å². The van der Waals surface area contributed by atoms with E-state index >= 15 is 0 Å². The number of hydrogen-bond acceptors (Lipinski definition) is 5. The van der Waals surface area contributed by atoms with Crippen LogP contribution in [-0.2, 0) is 6.54 Å². The standard InChI is InChI=1S/C33H37ClN4O/c1-23(35)26-9-14-30-31(21-26)36-32(33(37-30)17-3-2-4-18-33)25-7-12-28(13-8-25)39-29-15-19-38(20-16-29)22-24-5-10-27(34)11-6-24/h5-14,21,29,37H,1-4,15-20,22,35H2. The fourth-order valence-electron chi connectivity index (χ4n) is 6.25. The maximum atomic E-state index is 6.42. The predicted molar refractivity (Wildman–Crippen MR) is 162 cm³/mol. The van der Waals surface area contributed by atoms with Crippen molar-refractivity contribution in [3.8, 4) is 5.75 Å². The molecule has 2 aliphatic heterocycles. The SMILES string of the molecule is C=C(N)c1ccc2c(c1)N=C(c1ccc(OC3CCN(Cc4ccc(Cl)cc4)CC3)cc1)C1(CCCCC1)N2. The van der Waals surface area contributed by atoms with Gasteiger partial charge >= 0.3 is 0 Å². The van der Waals surface area contributed by atoms with Gasteiger partial charge in [-0.15, -0.1) is 0 Å². The van der Waals surface area contributed by atoms with Crippen molar-refractivity contribution < 1.29 is 4.74 Å². The van der Waals surface area contributed by atoms with Gasteiger partial charge in [0.2, 0.25) is 0 Å². The minimum atomic E-state index is -0.133. The Balaban J connectivity index is 1.15. The normalized spacial score (nSPS) is 19.2.